The van der Waals surface area contributed by atoms with Crippen molar-refractivity contribution in [2.75, 3.05) is 0 Å². The minimum atomic E-state index is -0.658. The lowest BCUT2D eigenvalue weighted by Gasteiger charge is -2.12. The van der Waals surface area contributed by atoms with Crippen molar-refractivity contribution in [2.24, 2.45) is 10.7 Å². The van der Waals surface area contributed by atoms with Crippen molar-refractivity contribution in [2.45, 2.75) is 66.7 Å². The Labute approximate surface area is 219 Å². The Morgan fingerprint density at radius 2 is 1.95 bits per heavy atom. The topological polar surface area (TPSA) is 111 Å². The van der Waals surface area contributed by atoms with E-state index in [1.807, 2.05) is 65.8 Å². The number of rotatable bonds is 8. The largest absolute Gasteiger partial charge is 0.361 e. The molecule has 0 spiro atoms. The molecule has 0 aliphatic carbocycles. The molecule has 194 valence electrons. The fraction of sp³-hybridized carbons (Fsp3) is 0.333. The van der Waals surface area contributed by atoms with Gasteiger partial charge in [-0.3, -0.25) is 9.79 Å². The lowest BCUT2D eigenvalue weighted by molar-refractivity contribution is 0.0990. The summed E-state index contributed by atoms with van der Waals surface area (Å²) in [6.45, 7) is 13.7. The zero-order chi connectivity index (χ0) is 27.6. The molecule has 7 heteroatoms. The standard InChI is InChI=1S/C30H36N4O3/c1-8-9-10-11-26(33-29(31)36)22(4)32-19-20(2)12-14-23-16-24(15-13-21(23)3)27(35)17-25-18-28(37-34-25)30(5,6)7/h9-11,13,15-16,18-19H,8,17H2,1-7H3,(H3,31,33,36)/b10-9-,20-19+,26-11+,32-22+. The van der Waals surface area contributed by atoms with Gasteiger partial charge in [0.05, 0.1) is 23.5 Å². The molecule has 3 N–H and O–H groups in total. The Morgan fingerprint density at radius 1 is 1.22 bits per heavy atom. The highest BCUT2D eigenvalue weighted by Gasteiger charge is 2.21. The van der Waals surface area contributed by atoms with E-state index in [0.717, 1.165) is 28.9 Å². The van der Waals surface area contributed by atoms with Crippen molar-refractivity contribution < 1.29 is 14.1 Å². The van der Waals surface area contributed by atoms with Crippen LogP contribution in [0.3, 0.4) is 0 Å². The van der Waals surface area contributed by atoms with Gasteiger partial charge in [0.25, 0.3) is 0 Å². The third kappa shape index (κ3) is 9.42. The molecule has 0 atom stereocenters. The highest BCUT2D eigenvalue weighted by Crippen LogP contribution is 2.23. The Hall–Kier alpha value is -4.18. The van der Waals surface area contributed by atoms with Crippen LogP contribution in [0, 0.1) is 18.8 Å². The molecule has 2 rings (SSSR count). The normalized spacial score (nSPS) is 12.9. The zero-order valence-corrected chi connectivity index (χ0v) is 22.7. The number of amides is 2. The average Bonchev–Trinajstić information content (AvgIpc) is 3.30. The van der Waals surface area contributed by atoms with Crippen molar-refractivity contribution in [1.29, 1.82) is 0 Å². The summed E-state index contributed by atoms with van der Waals surface area (Å²) in [5, 5.41) is 6.63. The minimum absolute atomic E-state index is 0.0531. The summed E-state index contributed by atoms with van der Waals surface area (Å²) in [5.41, 5.74) is 9.83. The van der Waals surface area contributed by atoms with Crippen LogP contribution in [0.1, 0.15) is 80.9 Å². The smallest absolute Gasteiger partial charge is 0.316 e. The van der Waals surface area contributed by atoms with Crippen molar-refractivity contribution in [3.63, 3.8) is 0 Å². The van der Waals surface area contributed by atoms with E-state index < -0.39 is 6.03 Å². The van der Waals surface area contributed by atoms with E-state index in [1.54, 1.807) is 31.3 Å². The maximum Gasteiger partial charge on any atom is 0.316 e. The van der Waals surface area contributed by atoms with Gasteiger partial charge in [0.2, 0.25) is 0 Å². The molecule has 0 aliphatic heterocycles. The third-order valence-corrected chi connectivity index (χ3v) is 5.33. The number of aliphatic imine (C=N–C) groups is 1. The number of nitrogens with zero attached hydrogens (tertiary/aromatic N) is 2. The van der Waals surface area contributed by atoms with Crippen LogP contribution in [-0.4, -0.2) is 22.7 Å². The number of allylic oxidation sites excluding steroid dienone is 5. The summed E-state index contributed by atoms with van der Waals surface area (Å²) in [6, 6.07) is 6.67. The Bertz CT molecular complexity index is 1320. The van der Waals surface area contributed by atoms with Crippen molar-refractivity contribution >= 4 is 17.5 Å². The molecule has 0 saturated carbocycles. The molecule has 1 aromatic heterocycles. The van der Waals surface area contributed by atoms with Gasteiger partial charge in [0.1, 0.15) is 5.76 Å². The molecule has 0 unspecified atom stereocenters. The van der Waals surface area contributed by atoms with Gasteiger partial charge < -0.3 is 15.6 Å². The van der Waals surface area contributed by atoms with Crippen LogP contribution in [0.4, 0.5) is 4.79 Å². The lowest BCUT2D eigenvalue weighted by Crippen LogP contribution is -2.31. The Balaban J connectivity index is 2.21. The van der Waals surface area contributed by atoms with Crippen LogP contribution >= 0.6 is 0 Å². The number of Topliss-reactive ketones (excluding diaryl/α,β-unsaturated/α-hetero) is 1. The van der Waals surface area contributed by atoms with Gasteiger partial charge in [-0.1, -0.05) is 69.0 Å². The van der Waals surface area contributed by atoms with Gasteiger partial charge in [0, 0.05) is 34.4 Å². The van der Waals surface area contributed by atoms with Gasteiger partial charge in [-0.2, -0.15) is 0 Å². The number of urea groups is 1. The summed E-state index contributed by atoms with van der Waals surface area (Å²) >= 11 is 0. The number of aromatic nitrogens is 1. The van der Waals surface area contributed by atoms with Crippen LogP contribution < -0.4 is 11.1 Å². The predicted octanol–water partition coefficient (Wildman–Crippen LogP) is 5.94. The molecule has 0 radical (unpaired) electrons. The Kier molecular flexibility index (Phi) is 10.4. The van der Waals surface area contributed by atoms with Crippen molar-refractivity contribution in [3.05, 3.63) is 88.1 Å². The van der Waals surface area contributed by atoms with Crippen LogP contribution in [0.15, 0.2) is 69.5 Å². The van der Waals surface area contributed by atoms with Crippen LogP contribution in [0.5, 0.6) is 0 Å². The number of aryl methyl sites for hydroxylation is 1. The van der Waals surface area contributed by atoms with Crippen LogP contribution in [-0.2, 0) is 11.8 Å². The van der Waals surface area contributed by atoms with E-state index in [2.05, 4.69) is 27.3 Å². The summed E-state index contributed by atoms with van der Waals surface area (Å²) in [7, 11) is 0. The lowest BCUT2D eigenvalue weighted by atomic mass is 9.93. The number of nitrogens with two attached hydrogens (primary N) is 1. The maximum atomic E-state index is 12.9. The summed E-state index contributed by atoms with van der Waals surface area (Å²) in [5.74, 6) is 6.91. The van der Waals surface area contributed by atoms with Gasteiger partial charge in [0.15, 0.2) is 5.78 Å². The highest BCUT2D eigenvalue weighted by molar-refractivity contribution is 6.01. The average molecular weight is 501 g/mol. The number of primary amides is 1. The molecule has 0 bridgehead atoms. The van der Waals surface area contributed by atoms with Crippen LogP contribution in [0.25, 0.3) is 0 Å². The van der Waals surface area contributed by atoms with E-state index in [0.29, 0.717) is 22.7 Å². The zero-order valence-electron chi connectivity index (χ0n) is 22.7. The SMILES string of the molecule is CC\C=C/C=C(NC(N)=O)\C(C)=N\C=C(/C)C#Cc1cc(C(=O)Cc2cc(C(C)(C)C)on2)ccc1C. The second-order valence-corrected chi connectivity index (χ2v) is 9.74. The number of hydrogen-bond donors (Lipinski definition) is 2. The first-order valence-electron chi connectivity index (χ1n) is 12.2. The molecule has 0 saturated heterocycles. The van der Waals surface area contributed by atoms with Crippen molar-refractivity contribution in [3.8, 4) is 11.8 Å². The van der Waals surface area contributed by atoms with E-state index in [9.17, 15) is 9.59 Å². The first-order valence-corrected chi connectivity index (χ1v) is 12.2. The number of carbonyl (C=O) groups excluding carboxylic acids is 2. The number of benzene rings is 1. The minimum Gasteiger partial charge on any atom is -0.361 e. The van der Waals surface area contributed by atoms with Gasteiger partial charge >= 0.3 is 6.03 Å². The number of nitrogens with one attached hydrogen (secondary N) is 1. The van der Waals surface area contributed by atoms with E-state index in [1.165, 1.54) is 0 Å². The molecule has 2 aromatic rings. The van der Waals surface area contributed by atoms with Gasteiger partial charge in [-0.25, -0.2) is 4.79 Å². The summed E-state index contributed by atoms with van der Waals surface area (Å²) in [4.78, 5) is 28.6. The fourth-order valence-electron chi connectivity index (χ4n) is 3.09. The van der Waals surface area contributed by atoms with E-state index in [4.69, 9.17) is 10.3 Å². The molecule has 7 nitrogen and oxygen atoms in total. The second kappa shape index (κ2) is 13.2. The summed E-state index contributed by atoms with van der Waals surface area (Å²) in [6.07, 6.45) is 8.20. The van der Waals surface area contributed by atoms with Crippen molar-refractivity contribution in [1.82, 2.24) is 10.5 Å². The van der Waals surface area contributed by atoms with E-state index in [-0.39, 0.29) is 17.6 Å². The fourth-order valence-corrected chi connectivity index (χ4v) is 3.09. The molecule has 0 aliphatic rings. The number of ketones is 1. The molecule has 37 heavy (non-hydrogen) atoms. The maximum absolute atomic E-state index is 12.9. The highest BCUT2D eigenvalue weighted by atomic mass is 16.5. The Morgan fingerprint density at radius 3 is 2.57 bits per heavy atom. The first kappa shape index (κ1) is 29.1. The molecule has 1 aromatic carbocycles. The molecule has 0 fully saturated rings. The molecular weight excluding hydrogens is 464 g/mol. The van der Waals surface area contributed by atoms with E-state index >= 15 is 0 Å². The second-order valence-electron chi connectivity index (χ2n) is 9.74. The summed E-state index contributed by atoms with van der Waals surface area (Å²) < 4.78 is 5.40. The van der Waals surface area contributed by atoms with Gasteiger partial charge in [-0.15, -0.1) is 0 Å². The third-order valence-electron chi connectivity index (χ3n) is 5.33. The molecular formula is C30H36N4O3. The quantitative estimate of drug-likeness (QED) is 0.202. The number of carbonyl (C=O) groups is 2. The predicted molar refractivity (Wildman–Crippen MR) is 148 cm³/mol. The molecule has 1 heterocycles. The number of hydrogen-bond acceptors (Lipinski definition) is 5. The first-order chi connectivity index (χ1) is 17.4. The monoisotopic (exact) mass is 500 g/mol. The molecule has 2 amide bonds. The van der Waals surface area contributed by atoms with Gasteiger partial charge in [-0.05, 0) is 44.9 Å². The van der Waals surface area contributed by atoms with Crippen LogP contribution in [0.2, 0.25) is 0 Å².